The van der Waals surface area contributed by atoms with Gasteiger partial charge >= 0.3 is 5.97 Å². The first kappa shape index (κ1) is 14.5. The van der Waals surface area contributed by atoms with Crippen LogP contribution in [0.5, 0.6) is 11.5 Å². The van der Waals surface area contributed by atoms with Crippen molar-refractivity contribution in [3.05, 3.63) is 23.8 Å². The first-order chi connectivity index (χ1) is 7.04. The Kier molecular flexibility index (Phi) is 5.63. The lowest BCUT2D eigenvalue weighted by Gasteiger charge is -2.09. The van der Waals surface area contributed by atoms with Crippen molar-refractivity contribution in [3.63, 3.8) is 0 Å². The van der Waals surface area contributed by atoms with Crippen LogP contribution in [0.3, 0.4) is 0 Å². The standard InChI is InChI=1S/C10H13NO4.ClH/c11-5-7(10(14)15)3-6-1-2-8(12)9(13)4-6;/h1-2,4,7,12-13H,3,5,11H2,(H,14,15);1H/t7-;/m0./s1. The summed E-state index contributed by atoms with van der Waals surface area (Å²) < 4.78 is 0. The summed E-state index contributed by atoms with van der Waals surface area (Å²) in [7, 11) is 0. The average Bonchev–Trinajstić information content (AvgIpc) is 2.19. The largest absolute Gasteiger partial charge is 0.504 e. The Hall–Kier alpha value is -1.46. The number of aliphatic carboxylic acids is 1. The third-order valence-electron chi connectivity index (χ3n) is 2.16. The molecule has 1 atom stereocenters. The molecule has 0 fully saturated rings. The summed E-state index contributed by atoms with van der Waals surface area (Å²) in [5.74, 6) is -2.12. The number of hydrogen-bond donors (Lipinski definition) is 4. The molecule has 1 aromatic carbocycles. The highest BCUT2D eigenvalue weighted by molar-refractivity contribution is 5.85. The summed E-state index contributed by atoms with van der Waals surface area (Å²) >= 11 is 0. The minimum atomic E-state index is -0.968. The maximum Gasteiger partial charge on any atom is 0.308 e. The molecule has 16 heavy (non-hydrogen) atoms. The van der Waals surface area contributed by atoms with Crippen molar-refractivity contribution >= 4 is 18.4 Å². The maximum absolute atomic E-state index is 10.7. The highest BCUT2D eigenvalue weighted by Gasteiger charge is 2.16. The molecule has 0 aliphatic heterocycles. The van der Waals surface area contributed by atoms with Crippen molar-refractivity contribution in [2.24, 2.45) is 11.7 Å². The first-order valence-corrected chi connectivity index (χ1v) is 4.48. The minimum Gasteiger partial charge on any atom is -0.504 e. The Morgan fingerprint density at radius 2 is 1.94 bits per heavy atom. The van der Waals surface area contributed by atoms with Crippen LogP contribution in [0.15, 0.2) is 18.2 Å². The molecule has 1 aromatic rings. The van der Waals surface area contributed by atoms with E-state index in [9.17, 15) is 9.90 Å². The fourth-order valence-electron chi connectivity index (χ4n) is 1.25. The van der Waals surface area contributed by atoms with E-state index in [1.807, 2.05) is 0 Å². The van der Waals surface area contributed by atoms with Gasteiger partial charge in [-0.3, -0.25) is 4.79 Å². The van der Waals surface area contributed by atoms with Gasteiger partial charge in [-0.05, 0) is 24.1 Å². The van der Waals surface area contributed by atoms with E-state index in [1.54, 1.807) is 6.07 Å². The van der Waals surface area contributed by atoms with Gasteiger partial charge in [0.05, 0.1) is 5.92 Å². The van der Waals surface area contributed by atoms with E-state index < -0.39 is 11.9 Å². The summed E-state index contributed by atoms with van der Waals surface area (Å²) in [5, 5.41) is 27.0. The fourth-order valence-corrected chi connectivity index (χ4v) is 1.25. The number of carboxylic acid groups (broad SMARTS) is 1. The molecule has 0 radical (unpaired) electrons. The molecule has 0 aromatic heterocycles. The van der Waals surface area contributed by atoms with Crippen LogP contribution in [-0.4, -0.2) is 27.8 Å². The third kappa shape index (κ3) is 3.60. The molecule has 0 saturated carbocycles. The van der Waals surface area contributed by atoms with Crippen LogP contribution in [0.25, 0.3) is 0 Å². The molecular formula is C10H14ClNO4. The normalized spacial score (nSPS) is 11.6. The van der Waals surface area contributed by atoms with Crippen LogP contribution in [0.1, 0.15) is 5.56 Å². The fraction of sp³-hybridized carbons (Fsp3) is 0.300. The molecule has 0 bridgehead atoms. The molecule has 6 heteroatoms. The summed E-state index contributed by atoms with van der Waals surface area (Å²) in [4.78, 5) is 10.7. The second-order valence-corrected chi connectivity index (χ2v) is 3.30. The molecule has 0 unspecified atom stereocenters. The number of rotatable bonds is 4. The van der Waals surface area contributed by atoms with E-state index in [2.05, 4.69) is 0 Å². The van der Waals surface area contributed by atoms with Crippen LogP contribution in [0.2, 0.25) is 0 Å². The Morgan fingerprint density at radius 1 is 1.31 bits per heavy atom. The second kappa shape index (κ2) is 6.19. The van der Waals surface area contributed by atoms with Gasteiger partial charge in [-0.1, -0.05) is 6.07 Å². The van der Waals surface area contributed by atoms with Gasteiger partial charge in [0.2, 0.25) is 0 Å². The van der Waals surface area contributed by atoms with Gasteiger partial charge in [0.1, 0.15) is 0 Å². The molecule has 0 aliphatic carbocycles. The number of benzene rings is 1. The maximum atomic E-state index is 10.7. The van der Waals surface area contributed by atoms with E-state index >= 15 is 0 Å². The van der Waals surface area contributed by atoms with Crippen molar-refractivity contribution in [1.82, 2.24) is 0 Å². The van der Waals surface area contributed by atoms with Crippen molar-refractivity contribution in [1.29, 1.82) is 0 Å². The Labute approximate surface area is 98.9 Å². The Balaban J connectivity index is 0.00000225. The minimum absolute atomic E-state index is 0. The van der Waals surface area contributed by atoms with Gasteiger partial charge in [-0.25, -0.2) is 0 Å². The van der Waals surface area contributed by atoms with Gasteiger partial charge in [0, 0.05) is 6.54 Å². The van der Waals surface area contributed by atoms with Crippen LogP contribution in [-0.2, 0) is 11.2 Å². The zero-order chi connectivity index (χ0) is 11.4. The molecule has 0 spiro atoms. The second-order valence-electron chi connectivity index (χ2n) is 3.30. The van der Waals surface area contributed by atoms with Crippen LogP contribution < -0.4 is 5.73 Å². The Bertz CT molecular complexity index is 370. The quantitative estimate of drug-likeness (QED) is 0.587. The predicted octanol–water partition coefficient (Wildman–Crippen LogP) is 0.722. The van der Waals surface area contributed by atoms with Crippen molar-refractivity contribution in [3.8, 4) is 11.5 Å². The molecule has 5 nitrogen and oxygen atoms in total. The molecule has 5 N–H and O–H groups in total. The highest BCUT2D eigenvalue weighted by Crippen LogP contribution is 2.25. The van der Waals surface area contributed by atoms with Crippen molar-refractivity contribution in [2.75, 3.05) is 6.54 Å². The molecule has 1 rings (SSSR count). The lowest BCUT2D eigenvalue weighted by Crippen LogP contribution is -2.25. The monoisotopic (exact) mass is 247 g/mol. The number of aromatic hydroxyl groups is 2. The predicted molar refractivity (Wildman–Crippen MR) is 60.9 cm³/mol. The van der Waals surface area contributed by atoms with Crippen molar-refractivity contribution < 1.29 is 20.1 Å². The molecule has 0 aliphatic rings. The molecule has 90 valence electrons. The zero-order valence-corrected chi connectivity index (χ0v) is 9.28. The van der Waals surface area contributed by atoms with Crippen LogP contribution in [0.4, 0.5) is 0 Å². The number of carbonyl (C=O) groups is 1. The van der Waals surface area contributed by atoms with Crippen LogP contribution >= 0.6 is 12.4 Å². The van der Waals surface area contributed by atoms with E-state index in [4.69, 9.17) is 15.9 Å². The summed E-state index contributed by atoms with van der Waals surface area (Å²) in [6.07, 6.45) is 0.236. The third-order valence-corrected chi connectivity index (χ3v) is 2.16. The summed E-state index contributed by atoms with van der Waals surface area (Å²) in [6, 6.07) is 4.21. The van der Waals surface area contributed by atoms with E-state index in [1.165, 1.54) is 12.1 Å². The number of hydrogen-bond acceptors (Lipinski definition) is 4. The van der Waals surface area contributed by atoms with Crippen molar-refractivity contribution in [2.45, 2.75) is 6.42 Å². The number of phenols is 2. The summed E-state index contributed by atoms with van der Waals surface area (Å²) in [5.41, 5.74) is 5.92. The van der Waals surface area contributed by atoms with E-state index in [0.29, 0.717) is 5.56 Å². The number of halogens is 1. The molecule has 0 heterocycles. The summed E-state index contributed by atoms with van der Waals surface area (Å²) in [6.45, 7) is 0.0387. The topological polar surface area (TPSA) is 104 Å². The van der Waals surface area contributed by atoms with Gasteiger partial charge in [-0.2, -0.15) is 0 Å². The number of nitrogens with two attached hydrogens (primary N) is 1. The van der Waals surface area contributed by atoms with Gasteiger partial charge < -0.3 is 21.1 Å². The van der Waals surface area contributed by atoms with Crippen LogP contribution in [0, 0.1) is 5.92 Å². The Morgan fingerprint density at radius 3 is 2.38 bits per heavy atom. The lowest BCUT2D eigenvalue weighted by molar-refractivity contribution is -0.141. The smallest absolute Gasteiger partial charge is 0.308 e. The highest BCUT2D eigenvalue weighted by atomic mass is 35.5. The zero-order valence-electron chi connectivity index (χ0n) is 8.46. The SMILES string of the molecule is Cl.NC[C@H](Cc1ccc(O)c(O)c1)C(=O)O. The molecular weight excluding hydrogens is 234 g/mol. The van der Waals surface area contributed by atoms with Gasteiger partial charge in [0.25, 0.3) is 0 Å². The molecule has 0 amide bonds. The van der Waals surface area contributed by atoms with E-state index in [0.717, 1.165) is 0 Å². The lowest BCUT2D eigenvalue weighted by atomic mass is 9.99. The average molecular weight is 248 g/mol. The number of phenolic OH excluding ortho intramolecular Hbond substituents is 2. The first-order valence-electron chi connectivity index (χ1n) is 4.48. The molecule has 0 saturated heterocycles. The number of carboxylic acids is 1. The van der Waals surface area contributed by atoms with Gasteiger partial charge in [-0.15, -0.1) is 12.4 Å². The van der Waals surface area contributed by atoms with E-state index in [-0.39, 0.29) is 36.9 Å². The van der Waals surface area contributed by atoms with Gasteiger partial charge in [0.15, 0.2) is 11.5 Å².